The van der Waals surface area contributed by atoms with Gasteiger partial charge in [-0.25, -0.2) is 4.98 Å². The van der Waals surface area contributed by atoms with Gasteiger partial charge in [0.2, 0.25) is 5.91 Å². The molecule has 2 aromatic carbocycles. The van der Waals surface area contributed by atoms with E-state index in [0.29, 0.717) is 21.8 Å². The van der Waals surface area contributed by atoms with Gasteiger partial charge >= 0.3 is 0 Å². The van der Waals surface area contributed by atoms with E-state index in [4.69, 9.17) is 4.74 Å². The zero-order valence-electron chi connectivity index (χ0n) is 15.8. The van der Waals surface area contributed by atoms with Crippen molar-refractivity contribution in [3.63, 3.8) is 0 Å². The van der Waals surface area contributed by atoms with Crippen LogP contribution in [0.3, 0.4) is 0 Å². The van der Waals surface area contributed by atoms with E-state index in [1.807, 2.05) is 0 Å². The Morgan fingerprint density at radius 2 is 1.93 bits per heavy atom. The van der Waals surface area contributed by atoms with E-state index in [9.17, 15) is 14.4 Å². The standard InChI is InChI=1S/C21H19N3O4S/c1-3-12-24-20(27)14-8-4-6-10-16(14)22-21(24)29-13-18(25)23-19(26)15-9-5-7-11-17(15)28-2/h3-11H,1,12-13H2,2H3,(H,23,25,26). The van der Waals surface area contributed by atoms with Crippen LogP contribution in [0.4, 0.5) is 0 Å². The highest BCUT2D eigenvalue weighted by Gasteiger charge is 2.16. The molecule has 148 valence electrons. The number of thioether (sulfide) groups is 1. The Morgan fingerprint density at radius 1 is 1.21 bits per heavy atom. The number of allylic oxidation sites excluding steroid dienone is 1. The molecule has 0 aliphatic rings. The van der Waals surface area contributed by atoms with Crippen molar-refractivity contribution >= 4 is 34.5 Å². The molecule has 1 aromatic heterocycles. The van der Waals surface area contributed by atoms with Crippen LogP contribution in [0.25, 0.3) is 10.9 Å². The molecule has 8 heteroatoms. The number of fused-ring (bicyclic) bond motifs is 1. The van der Waals surface area contributed by atoms with E-state index in [1.165, 1.54) is 11.7 Å². The molecule has 0 saturated heterocycles. The van der Waals surface area contributed by atoms with E-state index >= 15 is 0 Å². The van der Waals surface area contributed by atoms with Crippen molar-refractivity contribution in [2.24, 2.45) is 0 Å². The van der Waals surface area contributed by atoms with Gasteiger partial charge in [-0.05, 0) is 24.3 Å². The van der Waals surface area contributed by atoms with Crippen molar-refractivity contribution in [2.45, 2.75) is 11.7 Å². The second kappa shape index (κ2) is 9.20. The van der Waals surface area contributed by atoms with Gasteiger partial charge in [0.15, 0.2) is 5.16 Å². The summed E-state index contributed by atoms with van der Waals surface area (Å²) in [4.78, 5) is 41.8. The van der Waals surface area contributed by atoms with Crippen molar-refractivity contribution in [3.05, 3.63) is 77.1 Å². The van der Waals surface area contributed by atoms with Crippen LogP contribution >= 0.6 is 11.8 Å². The molecule has 1 heterocycles. The van der Waals surface area contributed by atoms with E-state index in [-0.39, 0.29) is 23.4 Å². The smallest absolute Gasteiger partial charge is 0.262 e. The number of nitrogens with zero attached hydrogens (tertiary/aromatic N) is 2. The number of aromatic nitrogens is 2. The van der Waals surface area contributed by atoms with E-state index in [0.717, 1.165) is 11.8 Å². The summed E-state index contributed by atoms with van der Waals surface area (Å²) in [6, 6.07) is 13.6. The van der Waals surface area contributed by atoms with Crippen molar-refractivity contribution in [2.75, 3.05) is 12.9 Å². The third-order valence-electron chi connectivity index (χ3n) is 4.08. The minimum absolute atomic E-state index is 0.0805. The largest absolute Gasteiger partial charge is 0.496 e. The number of para-hydroxylation sites is 2. The third kappa shape index (κ3) is 4.55. The molecular weight excluding hydrogens is 390 g/mol. The maximum Gasteiger partial charge on any atom is 0.262 e. The minimum atomic E-state index is -0.553. The highest BCUT2D eigenvalue weighted by molar-refractivity contribution is 7.99. The van der Waals surface area contributed by atoms with E-state index in [2.05, 4.69) is 16.9 Å². The summed E-state index contributed by atoms with van der Waals surface area (Å²) >= 11 is 1.08. The quantitative estimate of drug-likeness (QED) is 0.367. The summed E-state index contributed by atoms with van der Waals surface area (Å²) in [6.45, 7) is 3.93. The number of carbonyl (C=O) groups excluding carboxylic acids is 2. The fourth-order valence-corrected chi connectivity index (χ4v) is 3.55. The highest BCUT2D eigenvalue weighted by Crippen LogP contribution is 2.19. The van der Waals surface area contributed by atoms with Gasteiger partial charge in [0.1, 0.15) is 5.75 Å². The van der Waals surface area contributed by atoms with Gasteiger partial charge < -0.3 is 4.74 Å². The first-order valence-electron chi connectivity index (χ1n) is 8.75. The Bertz CT molecular complexity index is 1140. The molecule has 7 nitrogen and oxygen atoms in total. The predicted molar refractivity (Wildman–Crippen MR) is 112 cm³/mol. The zero-order valence-corrected chi connectivity index (χ0v) is 16.6. The van der Waals surface area contributed by atoms with Crippen molar-refractivity contribution < 1.29 is 14.3 Å². The lowest BCUT2D eigenvalue weighted by atomic mass is 10.2. The van der Waals surface area contributed by atoms with Crippen LogP contribution in [0.15, 0.2) is 71.1 Å². The normalized spacial score (nSPS) is 10.5. The minimum Gasteiger partial charge on any atom is -0.496 e. The number of methoxy groups -OCH3 is 1. The molecule has 1 N–H and O–H groups in total. The first-order valence-corrected chi connectivity index (χ1v) is 9.74. The molecule has 0 fully saturated rings. The first-order chi connectivity index (χ1) is 14.0. The van der Waals surface area contributed by atoms with Crippen molar-refractivity contribution in [1.82, 2.24) is 14.9 Å². The van der Waals surface area contributed by atoms with Crippen LogP contribution in [0, 0.1) is 0 Å². The second-order valence-corrected chi connectivity index (χ2v) is 6.92. The van der Waals surface area contributed by atoms with Gasteiger partial charge in [0, 0.05) is 6.54 Å². The SMILES string of the molecule is C=CCn1c(SCC(=O)NC(=O)c2ccccc2OC)nc2ccccc2c1=O. The Morgan fingerprint density at radius 3 is 2.69 bits per heavy atom. The lowest BCUT2D eigenvalue weighted by molar-refractivity contribution is -0.117. The number of hydrogen-bond donors (Lipinski definition) is 1. The number of hydrogen-bond acceptors (Lipinski definition) is 6. The molecule has 0 aliphatic carbocycles. The van der Waals surface area contributed by atoms with Crippen molar-refractivity contribution in [1.29, 1.82) is 0 Å². The molecule has 0 unspecified atom stereocenters. The van der Waals surface area contributed by atoms with Crippen LogP contribution in [-0.4, -0.2) is 34.2 Å². The maximum absolute atomic E-state index is 12.7. The molecule has 0 aliphatic heterocycles. The van der Waals surface area contributed by atoms with Gasteiger partial charge in [0.25, 0.3) is 11.5 Å². The molecule has 0 atom stereocenters. The molecule has 0 saturated carbocycles. The summed E-state index contributed by atoms with van der Waals surface area (Å²) in [5, 5.41) is 3.21. The molecule has 0 spiro atoms. The summed E-state index contributed by atoms with van der Waals surface area (Å²) < 4.78 is 6.59. The molecule has 3 rings (SSSR count). The average Bonchev–Trinajstić information content (AvgIpc) is 2.74. The Hall–Kier alpha value is -3.39. The highest BCUT2D eigenvalue weighted by atomic mass is 32.2. The molecular formula is C21H19N3O4S. The summed E-state index contributed by atoms with van der Waals surface area (Å²) in [5.74, 6) is -0.758. The number of amides is 2. The van der Waals surface area contributed by atoms with Crippen LogP contribution in [0.5, 0.6) is 5.75 Å². The summed E-state index contributed by atoms with van der Waals surface area (Å²) in [5.41, 5.74) is 0.607. The molecule has 0 radical (unpaired) electrons. The average molecular weight is 409 g/mol. The van der Waals surface area contributed by atoms with Gasteiger partial charge in [0.05, 0.1) is 29.3 Å². The first kappa shape index (κ1) is 20.3. The number of carbonyl (C=O) groups is 2. The third-order valence-corrected chi connectivity index (χ3v) is 5.05. The number of imide groups is 1. The topological polar surface area (TPSA) is 90.3 Å². The molecule has 2 amide bonds. The van der Waals surface area contributed by atoms with E-state index in [1.54, 1.807) is 54.6 Å². The predicted octanol–water partition coefficient (Wildman–Crippen LogP) is 2.64. The number of rotatable bonds is 7. The molecule has 0 bridgehead atoms. The monoisotopic (exact) mass is 409 g/mol. The van der Waals surface area contributed by atoms with Crippen LogP contribution in [0.2, 0.25) is 0 Å². The van der Waals surface area contributed by atoms with Crippen molar-refractivity contribution in [3.8, 4) is 5.75 Å². The molecule has 29 heavy (non-hydrogen) atoms. The Balaban J connectivity index is 1.77. The lowest BCUT2D eigenvalue weighted by Crippen LogP contribution is -2.32. The van der Waals surface area contributed by atoms with Crippen LogP contribution < -0.4 is 15.6 Å². The van der Waals surface area contributed by atoms with Gasteiger partial charge in [-0.15, -0.1) is 6.58 Å². The Labute approximate surface area is 171 Å². The Kier molecular flexibility index (Phi) is 6.46. The zero-order chi connectivity index (χ0) is 20.8. The lowest BCUT2D eigenvalue weighted by Gasteiger charge is -2.11. The number of ether oxygens (including phenoxy) is 1. The van der Waals surface area contributed by atoms with E-state index < -0.39 is 11.8 Å². The van der Waals surface area contributed by atoms with Crippen LogP contribution in [0.1, 0.15) is 10.4 Å². The number of nitrogens with one attached hydrogen (secondary N) is 1. The summed E-state index contributed by atoms with van der Waals surface area (Å²) in [6.07, 6.45) is 1.59. The molecule has 3 aromatic rings. The van der Waals surface area contributed by atoms with Gasteiger partial charge in [-0.2, -0.15) is 0 Å². The maximum atomic E-state index is 12.7. The number of benzene rings is 2. The fourth-order valence-electron chi connectivity index (χ4n) is 2.74. The van der Waals surface area contributed by atoms with Crippen LogP contribution in [-0.2, 0) is 11.3 Å². The fraction of sp³-hybridized carbons (Fsp3) is 0.143. The van der Waals surface area contributed by atoms with Gasteiger partial charge in [-0.1, -0.05) is 42.1 Å². The second-order valence-electron chi connectivity index (χ2n) is 5.98. The van der Waals surface area contributed by atoms with Gasteiger partial charge in [-0.3, -0.25) is 24.3 Å². The summed E-state index contributed by atoms with van der Waals surface area (Å²) in [7, 11) is 1.45.